The fourth-order valence-electron chi connectivity index (χ4n) is 3.95. The summed E-state index contributed by atoms with van der Waals surface area (Å²) in [5.74, 6) is 0.468. The van der Waals surface area contributed by atoms with Crippen molar-refractivity contribution in [2.45, 2.75) is 0 Å². The first-order chi connectivity index (χ1) is 15.2. The Morgan fingerprint density at radius 2 is 1.84 bits per heavy atom. The van der Waals surface area contributed by atoms with Crippen molar-refractivity contribution in [3.05, 3.63) is 72.2 Å². The Kier molecular flexibility index (Phi) is 5.18. The first-order valence-electron chi connectivity index (χ1n) is 10.5. The number of carbonyl (C=O) groups is 1. The number of nitrogens with one attached hydrogen (secondary N) is 1. The molecule has 1 N–H and O–H groups in total. The normalized spacial score (nSPS) is 17.5. The van der Waals surface area contributed by atoms with Crippen molar-refractivity contribution >= 4 is 23.1 Å². The average Bonchev–Trinajstić information content (AvgIpc) is 3.22. The second-order valence-corrected chi connectivity index (χ2v) is 7.92. The van der Waals surface area contributed by atoms with E-state index in [4.69, 9.17) is 0 Å². The van der Waals surface area contributed by atoms with E-state index in [0.29, 0.717) is 17.8 Å². The maximum atomic E-state index is 12.5. The van der Waals surface area contributed by atoms with Crippen molar-refractivity contribution < 1.29 is 4.79 Å². The summed E-state index contributed by atoms with van der Waals surface area (Å²) < 4.78 is 0. The van der Waals surface area contributed by atoms with E-state index in [-0.39, 0.29) is 5.91 Å². The second kappa shape index (κ2) is 8.28. The fraction of sp³-hybridized carbons (Fsp3) is 0.250. The molecule has 1 aromatic carbocycles. The van der Waals surface area contributed by atoms with Gasteiger partial charge in [0, 0.05) is 61.6 Å². The second-order valence-electron chi connectivity index (χ2n) is 7.92. The molecular weight excluding hydrogens is 388 g/mol. The number of fused-ring (bicyclic) bond motifs is 1. The lowest BCUT2D eigenvalue weighted by Gasteiger charge is -2.34. The van der Waals surface area contributed by atoms with E-state index < -0.39 is 0 Å². The van der Waals surface area contributed by atoms with Crippen molar-refractivity contribution in [3.63, 3.8) is 0 Å². The lowest BCUT2D eigenvalue weighted by atomic mass is 10.0. The summed E-state index contributed by atoms with van der Waals surface area (Å²) in [6, 6.07) is 14.1. The van der Waals surface area contributed by atoms with Gasteiger partial charge < -0.3 is 15.1 Å². The number of pyridine rings is 2. The van der Waals surface area contributed by atoms with E-state index in [2.05, 4.69) is 67.5 Å². The molecule has 7 nitrogen and oxygen atoms in total. The molecule has 0 bridgehead atoms. The Morgan fingerprint density at radius 3 is 2.58 bits per heavy atom. The summed E-state index contributed by atoms with van der Waals surface area (Å²) in [4.78, 5) is 30.1. The van der Waals surface area contributed by atoms with Crippen LogP contribution in [0.5, 0.6) is 0 Å². The van der Waals surface area contributed by atoms with Crippen LogP contribution in [0.15, 0.2) is 66.0 Å². The molecule has 2 aliphatic heterocycles. The Morgan fingerprint density at radius 1 is 1.03 bits per heavy atom. The van der Waals surface area contributed by atoms with Gasteiger partial charge in [0.15, 0.2) is 0 Å². The number of anilines is 2. The van der Waals surface area contributed by atoms with Gasteiger partial charge >= 0.3 is 0 Å². The van der Waals surface area contributed by atoms with Crippen LogP contribution >= 0.6 is 0 Å². The van der Waals surface area contributed by atoms with E-state index in [1.165, 1.54) is 11.9 Å². The Bertz CT molecular complexity index is 1120. The highest BCUT2D eigenvalue weighted by Crippen LogP contribution is 2.28. The number of rotatable bonds is 3. The predicted molar refractivity (Wildman–Crippen MR) is 123 cm³/mol. The number of nitrogens with zero attached hydrogens (tertiary/aromatic N) is 5. The number of piperazine rings is 1. The smallest absolute Gasteiger partial charge is 0.278 e. The summed E-state index contributed by atoms with van der Waals surface area (Å²) in [5, 5.41) is 3.22. The van der Waals surface area contributed by atoms with Gasteiger partial charge in [-0.05, 0) is 42.9 Å². The molecular formula is C24H24N6O. The Labute approximate surface area is 181 Å². The minimum atomic E-state index is -0.292. The first kappa shape index (κ1) is 19.4. The van der Waals surface area contributed by atoms with Crippen LogP contribution in [0.25, 0.3) is 11.1 Å². The molecule has 0 spiro atoms. The van der Waals surface area contributed by atoms with Gasteiger partial charge in [-0.1, -0.05) is 12.1 Å². The topological polar surface area (TPSA) is 73.7 Å². The molecule has 1 amide bonds. The molecule has 1 fully saturated rings. The summed E-state index contributed by atoms with van der Waals surface area (Å²) in [7, 11) is 2.16. The van der Waals surface area contributed by atoms with Crippen molar-refractivity contribution in [1.82, 2.24) is 14.9 Å². The molecule has 1 saturated heterocycles. The van der Waals surface area contributed by atoms with Crippen LogP contribution in [0, 0.1) is 0 Å². The van der Waals surface area contributed by atoms with Crippen LogP contribution in [0.3, 0.4) is 0 Å². The van der Waals surface area contributed by atoms with Gasteiger partial charge in [0.05, 0.1) is 17.8 Å². The van der Waals surface area contributed by atoms with E-state index >= 15 is 0 Å². The van der Waals surface area contributed by atoms with Crippen molar-refractivity contribution in [1.29, 1.82) is 0 Å². The standard InChI is InChI=1S/C24H24N6O/c1-29-9-11-30(12-10-29)20-6-4-17(5-7-20)19-13-21-22(16-27-23(21)26-15-19)28-24(31)18-3-2-8-25-14-18/h2-8,13-15H,9-12,16H2,1H3,(H,26,27). The van der Waals surface area contributed by atoms with Gasteiger partial charge in [0.25, 0.3) is 5.91 Å². The fourth-order valence-corrected chi connectivity index (χ4v) is 3.95. The van der Waals surface area contributed by atoms with Crippen LogP contribution in [-0.4, -0.2) is 66.3 Å². The molecule has 2 aromatic heterocycles. The summed E-state index contributed by atoms with van der Waals surface area (Å²) in [6.07, 6.45) is 5.04. The SMILES string of the molecule is CN1CCN(c2ccc(-c3cnc4c(c3)C(=NC(=O)c3cccnc3)CN4)cc2)CC1. The van der Waals surface area contributed by atoms with Crippen LogP contribution < -0.4 is 10.2 Å². The zero-order chi connectivity index (χ0) is 21.2. The zero-order valence-electron chi connectivity index (χ0n) is 17.5. The lowest BCUT2D eigenvalue weighted by Crippen LogP contribution is -2.44. The molecule has 156 valence electrons. The number of benzene rings is 1. The average molecular weight is 412 g/mol. The maximum Gasteiger partial charge on any atom is 0.278 e. The number of hydrogen-bond acceptors (Lipinski definition) is 6. The van der Waals surface area contributed by atoms with E-state index in [1.54, 1.807) is 18.3 Å². The van der Waals surface area contributed by atoms with E-state index in [0.717, 1.165) is 48.7 Å². The van der Waals surface area contributed by atoms with Crippen molar-refractivity contribution in [2.75, 3.05) is 50.0 Å². The third-order valence-electron chi connectivity index (χ3n) is 5.84. The predicted octanol–water partition coefficient (Wildman–Crippen LogP) is 2.95. The molecule has 0 saturated carbocycles. The van der Waals surface area contributed by atoms with Crippen LogP contribution in [0.4, 0.5) is 11.5 Å². The third kappa shape index (κ3) is 4.04. The van der Waals surface area contributed by atoms with Gasteiger partial charge in [-0.15, -0.1) is 0 Å². The minimum Gasteiger partial charge on any atom is -0.369 e. The lowest BCUT2D eigenvalue weighted by molar-refractivity contribution is 0.100. The number of aliphatic imine (C=N–C) groups is 1. The van der Waals surface area contributed by atoms with Gasteiger partial charge in [0.2, 0.25) is 0 Å². The maximum absolute atomic E-state index is 12.5. The van der Waals surface area contributed by atoms with Crippen molar-refractivity contribution in [3.8, 4) is 11.1 Å². The summed E-state index contributed by atoms with van der Waals surface area (Å²) >= 11 is 0. The monoisotopic (exact) mass is 412 g/mol. The highest BCUT2D eigenvalue weighted by molar-refractivity contribution is 6.16. The first-order valence-corrected chi connectivity index (χ1v) is 10.5. The van der Waals surface area contributed by atoms with Crippen molar-refractivity contribution in [2.24, 2.45) is 4.99 Å². The molecule has 5 rings (SSSR count). The number of aromatic nitrogens is 2. The number of likely N-dealkylation sites (N-methyl/N-ethyl adjacent to an activating group) is 1. The van der Waals surface area contributed by atoms with E-state index in [1.807, 2.05) is 6.20 Å². The number of carbonyl (C=O) groups excluding carboxylic acids is 1. The molecule has 0 unspecified atom stereocenters. The molecule has 0 aliphatic carbocycles. The van der Waals surface area contributed by atoms with Gasteiger partial charge in [-0.25, -0.2) is 9.98 Å². The molecule has 0 radical (unpaired) electrons. The van der Waals surface area contributed by atoms with Crippen LogP contribution in [0.1, 0.15) is 15.9 Å². The summed E-state index contributed by atoms with van der Waals surface area (Å²) in [6.45, 7) is 4.76. The van der Waals surface area contributed by atoms with Gasteiger partial charge in [-0.3, -0.25) is 9.78 Å². The highest BCUT2D eigenvalue weighted by Gasteiger charge is 2.21. The van der Waals surface area contributed by atoms with Gasteiger partial charge in [0.1, 0.15) is 5.82 Å². The molecule has 0 atom stereocenters. The molecule has 2 aliphatic rings. The Hall–Kier alpha value is -3.58. The Balaban J connectivity index is 1.38. The zero-order valence-corrected chi connectivity index (χ0v) is 17.5. The highest BCUT2D eigenvalue weighted by atomic mass is 16.1. The number of hydrogen-bond donors (Lipinski definition) is 1. The minimum absolute atomic E-state index is 0.292. The van der Waals surface area contributed by atoms with Crippen LogP contribution in [-0.2, 0) is 0 Å². The van der Waals surface area contributed by atoms with Crippen LogP contribution in [0.2, 0.25) is 0 Å². The molecule has 4 heterocycles. The third-order valence-corrected chi connectivity index (χ3v) is 5.84. The quantitative estimate of drug-likeness (QED) is 0.713. The molecule has 7 heteroatoms. The number of amides is 1. The largest absolute Gasteiger partial charge is 0.369 e. The molecule has 31 heavy (non-hydrogen) atoms. The van der Waals surface area contributed by atoms with E-state index in [9.17, 15) is 4.79 Å². The molecule has 3 aromatic rings. The summed E-state index contributed by atoms with van der Waals surface area (Å²) in [5.41, 5.74) is 5.40. The van der Waals surface area contributed by atoms with Gasteiger partial charge in [-0.2, -0.15) is 0 Å².